The summed E-state index contributed by atoms with van der Waals surface area (Å²) in [6.45, 7) is 14.2. The Hall–Kier alpha value is -0.260. The van der Waals surface area contributed by atoms with Gasteiger partial charge in [0.2, 0.25) is 0 Å². The van der Waals surface area contributed by atoms with Gasteiger partial charge in [-0.1, -0.05) is 59.6 Å². The fourth-order valence-corrected chi connectivity index (χ4v) is 7.62. The summed E-state index contributed by atoms with van der Waals surface area (Å²) in [6.07, 6.45) is 16.0. The van der Waals surface area contributed by atoms with Crippen LogP contribution in [0.4, 0.5) is 0 Å². The van der Waals surface area contributed by atoms with Gasteiger partial charge in [-0.2, -0.15) is 0 Å². The Morgan fingerprint density at radius 3 is 2.46 bits per heavy atom. The van der Waals surface area contributed by atoms with Crippen molar-refractivity contribution in [3.05, 3.63) is 11.6 Å². The highest BCUT2D eigenvalue weighted by Crippen LogP contribution is 2.66. The average molecular weight is 331 g/mol. The lowest BCUT2D eigenvalue weighted by atomic mass is 9.47. The van der Waals surface area contributed by atoms with E-state index in [9.17, 15) is 0 Å². The van der Waals surface area contributed by atoms with E-state index in [0.717, 1.165) is 29.6 Å². The molecule has 0 spiro atoms. The van der Waals surface area contributed by atoms with Gasteiger partial charge in [-0.3, -0.25) is 0 Å². The van der Waals surface area contributed by atoms with Crippen LogP contribution in [0.1, 0.15) is 99.3 Å². The lowest BCUT2D eigenvalue weighted by molar-refractivity contribution is -0.0441. The van der Waals surface area contributed by atoms with Crippen LogP contribution in [-0.4, -0.2) is 0 Å². The monoisotopic (exact) mass is 330 g/mol. The van der Waals surface area contributed by atoms with Crippen molar-refractivity contribution in [3.8, 4) is 0 Å². The Bertz CT molecular complexity index is 474. The molecule has 138 valence electrons. The van der Waals surface area contributed by atoms with Crippen LogP contribution < -0.4 is 0 Å². The number of rotatable bonds is 1. The molecule has 0 aliphatic heterocycles. The second-order valence-corrected chi connectivity index (χ2v) is 9.83. The summed E-state index contributed by atoms with van der Waals surface area (Å²) in [4.78, 5) is 0. The molecular formula is C24H42. The fourth-order valence-electron chi connectivity index (χ4n) is 7.62. The van der Waals surface area contributed by atoms with Crippen LogP contribution in [0, 0.1) is 40.4 Å². The van der Waals surface area contributed by atoms with Crippen LogP contribution in [-0.2, 0) is 0 Å². The zero-order chi connectivity index (χ0) is 17.5. The molecule has 0 aromatic carbocycles. The summed E-state index contributed by atoms with van der Waals surface area (Å²) in [6, 6.07) is 0. The molecule has 24 heavy (non-hydrogen) atoms. The van der Waals surface area contributed by atoms with Gasteiger partial charge < -0.3 is 0 Å². The van der Waals surface area contributed by atoms with Gasteiger partial charge in [0.25, 0.3) is 0 Å². The molecule has 7 unspecified atom stereocenters. The van der Waals surface area contributed by atoms with E-state index in [1.807, 2.05) is 19.4 Å². The maximum absolute atomic E-state index is 2.72. The van der Waals surface area contributed by atoms with Crippen LogP contribution >= 0.6 is 0 Å². The minimum Gasteiger partial charge on any atom is -0.0845 e. The van der Waals surface area contributed by atoms with Crippen LogP contribution in [0.5, 0.6) is 0 Å². The molecule has 0 nitrogen and oxygen atoms in total. The van der Waals surface area contributed by atoms with E-state index in [0.29, 0.717) is 10.8 Å². The molecule has 0 radical (unpaired) electrons. The summed E-state index contributed by atoms with van der Waals surface area (Å²) in [5.41, 5.74) is 3.11. The molecule has 7 atom stereocenters. The maximum atomic E-state index is 2.72. The third-order valence-electron chi connectivity index (χ3n) is 9.04. The SMILES string of the molecule is CC.CCC1CCC2C3CC=C4CC(C)CCC4(C)C3CCC12C. The highest BCUT2D eigenvalue weighted by molar-refractivity contribution is 5.24. The van der Waals surface area contributed by atoms with Crippen molar-refractivity contribution in [1.29, 1.82) is 0 Å². The molecule has 4 aliphatic rings. The van der Waals surface area contributed by atoms with Gasteiger partial charge in [-0.15, -0.1) is 0 Å². The molecule has 0 heteroatoms. The second kappa shape index (κ2) is 6.81. The lowest BCUT2D eigenvalue weighted by Gasteiger charge is -2.58. The van der Waals surface area contributed by atoms with Crippen molar-refractivity contribution < 1.29 is 0 Å². The standard InChI is InChI=1S/C22H36.C2H6/c1-5-16-7-9-19-18-8-6-17-14-15(2)10-12-22(17,4)20(18)11-13-21(16,19)3;1-2/h6,15-16,18-20H,5,7-14H2,1-4H3;1-2H3. The number of allylic oxidation sites excluding steroid dienone is 2. The van der Waals surface area contributed by atoms with Gasteiger partial charge >= 0.3 is 0 Å². The summed E-state index contributed by atoms with van der Waals surface area (Å²) in [5, 5.41) is 0. The Morgan fingerprint density at radius 1 is 1.00 bits per heavy atom. The van der Waals surface area contributed by atoms with E-state index in [1.165, 1.54) is 57.8 Å². The van der Waals surface area contributed by atoms with Crippen molar-refractivity contribution in [2.45, 2.75) is 99.3 Å². The van der Waals surface area contributed by atoms with E-state index in [2.05, 4.69) is 33.8 Å². The first-order valence-electron chi connectivity index (χ1n) is 11.2. The van der Waals surface area contributed by atoms with Gasteiger partial charge in [0.05, 0.1) is 0 Å². The molecule has 0 heterocycles. The zero-order valence-electron chi connectivity index (χ0n) is 17.3. The van der Waals surface area contributed by atoms with Gasteiger partial charge in [-0.05, 0) is 91.8 Å². The van der Waals surface area contributed by atoms with Crippen molar-refractivity contribution in [3.63, 3.8) is 0 Å². The number of fused-ring (bicyclic) bond motifs is 5. The first-order chi connectivity index (χ1) is 11.5. The minimum absolute atomic E-state index is 0.570. The normalized spacial score (nSPS) is 49.9. The van der Waals surface area contributed by atoms with E-state index < -0.39 is 0 Å². The molecule has 0 N–H and O–H groups in total. The molecule has 0 aromatic rings. The molecule has 0 saturated heterocycles. The Balaban J connectivity index is 0.000000815. The highest BCUT2D eigenvalue weighted by Gasteiger charge is 2.57. The predicted molar refractivity (Wildman–Crippen MR) is 106 cm³/mol. The van der Waals surface area contributed by atoms with Gasteiger partial charge in [0.1, 0.15) is 0 Å². The summed E-state index contributed by atoms with van der Waals surface area (Å²) >= 11 is 0. The van der Waals surface area contributed by atoms with Crippen LogP contribution in [0.15, 0.2) is 11.6 Å². The topological polar surface area (TPSA) is 0 Å². The first-order valence-corrected chi connectivity index (χ1v) is 11.2. The molecule has 4 aliphatic carbocycles. The molecule has 4 rings (SSSR count). The van der Waals surface area contributed by atoms with Gasteiger partial charge in [0.15, 0.2) is 0 Å². The van der Waals surface area contributed by atoms with Crippen molar-refractivity contribution in [2.75, 3.05) is 0 Å². The fraction of sp³-hybridized carbons (Fsp3) is 0.917. The second-order valence-electron chi connectivity index (χ2n) is 9.83. The Kier molecular flexibility index (Phi) is 5.25. The zero-order valence-corrected chi connectivity index (χ0v) is 17.3. The highest BCUT2D eigenvalue weighted by atomic mass is 14.6. The summed E-state index contributed by atoms with van der Waals surface area (Å²) in [5.74, 6) is 5.00. The smallest absolute Gasteiger partial charge is 0.00851 e. The largest absolute Gasteiger partial charge is 0.0845 e. The first kappa shape index (κ1) is 18.5. The molecule has 0 amide bonds. The third-order valence-corrected chi connectivity index (χ3v) is 9.04. The Labute approximate surface area is 151 Å². The van der Waals surface area contributed by atoms with Crippen LogP contribution in [0.25, 0.3) is 0 Å². The van der Waals surface area contributed by atoms with Crippen molar-refractivity contribution in [2.24, 2.45) is 40.4 Å². The van der Waals surface area contributed by atoms with E-state index in [4.69, 9.17) is 0 Å². The molecule has 3 saturated carbocycles. The number of hydrogen-bond acceptors (Lipinski definition) is 0. The molecule has 0 aromatic heterocycles. The van der Waals surface area contributed by atoms with Gasteiger partial charge in [-0.25, -0.2) is 0 Å². The summed E-state index contributed by atoms with van der Waals surface area (Å²) in [7, 11) is 0. The van der Waals surface area contributed by atoms with E-state index in [-0.39, 0.29) is 0 Å². The average Bonchev–Trinajstić information content (AvgIpc) is 2.93. The minimum atomic E-state index is 0.570. The summed E-state index contributed by atoms with van der Waals surface area (Å²) < 4.78 is 0. The van der Waals surface area contributed by atoms with Gasteiger partial charge in [0, 0.05) is 0 Å². The number of hydrogen-bond donors (Lipinski definition) is 0. The molecule has 3 fully saturated rings. The van der Waals surface area contributed by atoms with E-state index >= 15 is 0 Å². The van der Waals surface area contributed by atoms with E-state index in [1.54, 1.807) is 0 Å². The maximum Gasteiger partial charge on any atom is -0.00851 e. The Morgan fingerprint density at radius 2 is 1.75 bits per heavy atom. The quantitative estimate of drug-likeness (QED) is 0.433. The van der Waals surface area contributed by atoms with Crippen molar-refractivity contribution >= 4 is 0 Å². The lowest BCUT2D eigenvalue weighted by Crippen LogP contribution is -2.49. The van der Waals surface area contributed by atoms with Crippen LogP contribution in [0.3, 0.4) is 0 Å². The van der Waals surface area contributed by atoms with Crippen LogP contribution in [0.2, 0.25) is 0 Å². The van der Waals surface area contributed by atoms with Crippen molar-refractivity contribution in [1.82, 2.24) is 0 Å². The third kappa shape index (κ3) is 2.62. The molecular weight excluding hydrogens is 288 g/mol. The predicted octanol–water partition coefficient (Wildman–Crippen LogP) is 7.64. The molecule has 0 bridgehead atoms.